The Balaban J connectivity index is 1.34. The van der Waals surface area contributed by atoms with Crippen molar-refractivity contribution in [3.63, 3.8) is 0 Å². The zero-order chi connectivity index (χ0) is 26.7. The SMILES string of the molecule is Cc1cc(-c2ccn3nc(N)c(C(=O)Nc4cccc(C(=O)O)c4)c3n2)cc2c1C(=O)N([C@@H](C)C1CC1)C2. The molecule has 0 unspecified atom stereocenters. The van der Waals surface area contributed by atoms with Crippen LogP contribution in [0.3, 0.4) is 0 Å². The Hall–Kier alpha value is -4.73. The number of anilines is 2. The maximum absolute atomic E-state index is 13.2. The van der Waals surface area contributed by atoms with Gasteiger partial charge in [-0.3, -0.25) is 9.59 Å². The van der Waals surface area contributed by atoms with Crippen molar-refractivity contribution < 1.29 is 19.5 Å². The molecule has 1 atom stereocenters. The standard InChI is InChI=1S/C28H26N6O4/c1-14-10-18(11-19-13-33(27(36)22(14)19)15(2)16-6-7-16)21-8-9-34-25(31-21)23(24(29)32-34)26(35)30-20-5-3-4-17(12-20)28(37)38/h3-5,8-12,15-16H,6-7,13H2,1-2H3,(H2,29,32)(H,30,35)(H,37,38)/t15-/m0/s1. The van der Waals surface area contributed by atoms with Crippen molar-refractivity contribution in [3.8, 4) is 11.3 Å². The molecule has 1 fully saturated rings. The summed E-state index contributed by atoms with van der Waals surface area (Å²) in [4.78, 5) is 44.3. The molecule has 0 radical (unpaired) electrons. The molecule has 6 rings (SSSR count). The Morgan fingerprint density at radius 3 is 2.71 bits per heavy atom. The number of amides is 2. The van der Waals surface area contributed by atoms with Crippen molar-refractivity contribution in [2.24, 2.45) is 5.92 Å². The summed E-state index contributed by atoms with van der Waals surface area (Å²) in [5.41, 5.74) is 10.9. The van der Waals surface area contributed by atoms with Crippen LogP contribution in [-0.2, 0) is 6.54 Å². The van der Waals surface area contributed by atoms with Crippen LogP contribution in [0.5, 0.6) is 0 Å². The van der Waals surface area contributed by atoms with Crippen molar-refractivity contribution >= 4 is 34.9 Å². The molecule has 0 bridgehead atoms. The molecule has 2 aromatic heterocycles. The number of carbonyl (C=O) groups excluding carboxylic acids is 2. The van der Waals surface area contributed by atoms with Crippen LogP contribution in [0, 0.1) is 12.8 Å². The van der Waals surface area contributed by atoms with E-state index in [-0.39, 0.29) is 34.5 Å². The van der Waals surface area contributed by atoms with E-state index in [0.717, 1.165) is 22.3 Å². The number of aromatic carboxylic acids is 1. The van der Waals surface area contributed by atoms with Gasteiger partial charge in [-0.05, 0) is 80.1 Å². The molecule has 1 aliphatic heterocycles. The summed E-state index contributed by atoms with van der Waals surface area (Å²) in [7, 11) is 0. The number of hydrogen-bond donors (Lipinski definition) is 3. The van der Waals surface area contributed by atoms with Crippen LogP contribution in [0.25, 0.3) is 16.9 Å². The summed E-state index contributed by atoms with van der Waals surface area (Å²) in [5.74, 6) is -0.978. The molecular weight excluding hydrogens is 484 g/mol. The van der Waals surface area contributed by atoms with Gasteiger partial charge in [-0.1, -0.05) is 6.07 Å². The molecule has 4 aromatic rings. The Morgan fingerprint density at radius 1 is 1.18 bits per heavy atom. The van der Waals surface area contributed by atoms with Crippen molar-refractivity contribution in [2.45, 2.75) is 39.3 Å². The number of nitrogen functional groups attached to an aromatic ring is 1. The van der Waals surface area contributed by atoms with Crippen LogP contribution in [0.2, 0.25) is 0 Å². The summed E-state index contributed by atoms with van der Waals surface area (Å²) in [6.45, 7) is 4.64. The number of carboxylic acid groups (broad SMARTS) is 1. The number of aromatic nitrogens is 3. The number of nitrogens with zero attached hydrogens (tertiary/aromatic N) is 4. The molecule has 1 aliphatic carbocycles. The van der Waals surface area contributed by atoms with E-state index in [4.69, 9.17) is 10.7 Å². The number of carboxylic acids is 1. The molecule has 0 saturated heterocycles. The normalized spacial score (nSPS) is 15.5. The lowest BCUT2D eigenvalue weighted by atomic mass is 9.98. The molecule has 38 heavy (non-hydrogen) atoms. The fourth-order valence-electron chi connectivity index (χ4n) is 5.25. The highest BCUT2D eigenvalue weighted by Gasteiger charge is 2.39. The lowest BCUT2D eigenvalue weighted by Crippen LogP contribution is -2.34. The van der Waals surface area contributed by atoms with Crippen LogP contribution in [0.1, 0.15) is 62.0 Å². The minimum atomic E-state index is -1.10. The number of carbonyl (C=O) groups is 3. The highest BCUT2D eigenvalue weighted by Crippen LogP contribution is 2.39. The lowest BCUT2D eigenvalue weighted by molar-refractivity contribution is 0.0688. The summed E-state index contributed by atoms with van der Waals surface area (Å²) < 4.78 is 1.43. The molecular formula is C28H26N6O4. The van der Waals surface area contributed by atoms with E-state index in [1.165, 1.54) is 29.5 Å². The second-order valence-electron chi connectivity index (χ2n) is 10.0. The van der Waals surface area contributed by atoms with Gasteiger partial charge in [0.2, 0.25) is 0 Å². The number of nitrogens with one attached hydrogen (secondary N) is 1. The largest absolute Gasteiger partial charge is 0.478 e. The zero-order valence-corrected chi connectivity index (χ0v) is 20.9. The monoisotopic (exact) mass is 510 g/mol. The minimum Gasteiger partial charge on any atom is -0.478 e. The van der Waals surface area contributed by atoms with E-state index < -0.39 is 11.9 Å². The number of rotatable bonds is 6. The van der Waals surface area contributed by atoms with Gasteiger partial charge in [0, 0.05) is 35.6 Å². The first-order chi connectivity index (χ1) is 18.2. The summed E-state index contributed by atoms with van der Waals surface area (Å²) in [6.07, 6.45) is 4.03. The number of nitrogens with two attached hydrogens (primary N) is 1. The molecule has 10 heteroatoms. The third-order valence-electron chi connectivity index (χ3n) is 7.43. The van der Waals surface area contributed by atoms with Gasteiger partial charge in [0.1, 0.15) is 5.56 Å². The third kappa shape index (κ3) is 3.94. The number of hydrogen-bond acceptors (Lipinski definition) is 6. The fourth-order valence-corrected chi connectivity index (χ4v) is 5.25. The van der Waals surface area contributed by atoms with E-state index >= 15 is 0 Å². The fraction of sp³-hybridized carbons (Fsp3) is 0.250. The van der Waals surface area contributed by atoms with Gasteiger partial charge in [0.05, 0.1) is 11.3 Å². The second-order valence-corrected chi connectivity index (χ2v) is 10.0. The highest BCUT2D eigenvalue weighted by atomic mass is 16.4. The first kappa shape index (κ1) is 23.7. The molecule has 192 valence electrons. The molecule has 0 spiro atoms. The summed E-state index contributed by atoms with van der Waals surface area (Å²) >= 11 is 0. The zero-order valence-electron chi connectivity index (χ0n) is 20.9. The highest BCUT2D eigenvalue weighted by molar-refractivity contribution is 6.12. The minimum absolute atomic E-state index is 0.00183. The van der Waals surface area contributed by atoms with Crippen LogP contribution in [0.15, 0.2) is 48.7 Å². The Bertz CT molecular complexity index is 1650. The van der Waals surface area contributed by atoms with E-state index in [0.29, 0.717) is 23.8 Å². The smallest absolute Gasteiger partial charge is 0.335 e. The molecule has 3 heterocycles. The van der Waals surface area contributed by atoms with E-state index in [9.17, 15) is 19.5 Å². The first-order valence-corrected chi connectivity index (χ1v) is 12.5. The van der Waals surface area contributed by atoms with Crippen LogP contribution < -0.4 is 11.1 Å². The second kappa shape index (κ2) is 8.69. The van der Waals surface area contributed by atoms with Crippen molar-refractivity contribution in [3.05, 3.63) is 76.5 Å². The molecule has 10 nitrogen and oxygen atoms in total. The predicted molar refractivity (Wildman–Crippen MR) is 141 cm³/mol. The first-order valence-electron chi connectivity index (χ1n) is 12.5. The summed E-state index contributed by atoms with van der Waals surface area (Å²) in [6, 6.07) is 11.9. The summed E-state index contributed by atoms with van der Waals surface area (Å²) in [5, 5.41) is 16.1. The average Bonchev–Trinajstić information content (AvgIpc) is 3.60. The Labute approximate surface area is 218 Å². The quantitative estimate of drug-likeness (QED) is 0.356. The van der Waals surface area contributed by atoms with E-state index in [2.05, 4.69) is 17.3 Å². The van der Waals surface area contributed by atoms with Gasteiger partial charge in [-0.2, -0.15) is 0 Å². The van der Waals surface area contributed by atoms with Gasteiger partial charge in [0.25, 0.3) is 11.8 Å². The van der Waals surface area contributed by atoms with Crippen molar-refractivity contribution in [1.29, 1.82) is 0 Å². The Morgan fingerprint density at radius 2 is 1.97 bits per heavy atom. The topological polar surface area (TPSA) is 143 Å². The molecule has 2 aliphatic rings. The number of fused-ring (bicyclic) bond motifs is 2. The van der Waals surface area contributed by atoms with Crippen molar-refractivity contribution in [2.75, 3.05) is 11.1 Å². The molecule has 4 N–H and O–H groups in total. The van der Waals surface area contributed by atoms with Crippen molar-refractivity contribution in [1.82, 2.24) is 19.5 Å². The number of aryl methyl sites for hydroxylation is 1. The van der Waals surface area contributed by atoms with Crippen LogP contribution in [0.4, 0.5) is 11.5 Å². The van der Waals surface area contributed by atoms with Gasteiger partial charge in [-0.15, -0.1) is 5.10 Å². The van der Waals surface area contributed by atoms with Gasteiger partial charge >= 0.3 is 5.97 Å². The van der Waals surface area contributed by atoms with E-state index in [1.54, 1.807) is 24.4 Å². The lowest BCUT2D eigenvalue weighted by Gasteiger charge is -2.24. The maximum atomic E-state index is 13.2. The average molecular weight is 511 g/mol. The van der Waals surface area contributed by atoms with Gasteiger partial charge in [0.15, 0.2) is 11.5 Å². The van der Waals surface area contributed by atoms with Crippen LogP contribution in [-0.4, -0.2) is 48.4 Å². The molecule has 2 amide bonds. The predicted octanol–water partition coefficient (Wildman–Crippen LogP) is 3.99. The van der Waals surface area contributed by atoms with Gasteiger partial charge in [-0.25, -0.2) is 14.3 Å². The van der Waals surface area contributed by atoms with Crippen LogP contribution >= 0.6 is 0 Å². The van der Waals surface area contributed by atoms with E-state index in [1.807, 2.05) is 24.0 Å². The molecule has 2 aromatic carbocycles. The van der Waals surface area contributed by atoms with Gasteiger partial charge < -0.3 is 21.1 Å². The maximum Gasteiger partial charge on any atom is 0.335 e. The third-order valence-corrected chi connectivity index (χ3v) is 7.43. The number of benzene rings is 2. The molecule has 1 saturated carbocycles. The Kier molecular flexibility index (Phi) is 5.41.